The molecule has 1 aromatic rings. The molecule has 1 saturated carbocycles. The molecule has 0 bridgehead atoms. The van der Waals surface area contributed by atoms with E-state index in [1.807, 2.05) is 36.4 Å². The van der Waals surface area contributed by atoms with Gasteiger partial charge in [-0.2, -0.15) is 0 Å². The lowest BCUT2D eigenvalue weighted by molar-refractivity contribution is -0.115. The summed E-state index contributed by atoms with van der Waals surface area (Å²) >= 11 is 0. The highest BCUT2D eigenvalue weighted by atomic mass is 32.2. The molecule has 0 N–H and O–H groups in total. The Morgan fingerprint density at radius 1 is 1.17 bits per heavy atom. The molecular formula is C30H49NO3SSi. The highest BCUT2D eigenvalue weighted by molar-refractivity contribution is 7.98. The predicted octanol–water partition coefficient (Wildman–Crippen LogP) is 8.56. The van der Waals surface area contributed by atoms with Gasteiger partial charge < -0.3 is 4.43 Å². The predicted molar refractivity (Wildman–Crippen MR) is 156 cm³/mol. The van der Waals surface area contributed by atoms with E-state index in [-0.39, 0.29) is 17.8 Å². The van der Waals surface area contributed by atoms with Crippen LogP contribution in [0.25, 0.3) is 0 Å². The second kappa shape index (κ2) is 14.4. The Kier molecular flexibility index (Phi) is 12.3. The number of Topliss-reactive ketones (excluding diaryl/α,β-unsaturated/α-hetero) is 1. The van der Waals surface area contributed by atoms with Gasteiger partial charge in [0.15, 0.2) is 14.1 Å². The van der Waals surface area contributed by atoms with Gasteiger partial charge in [0, 0.05) is 19.4 Å². The van der Waals surface area contributed by atoms with Gasteiger partial charge in [-0.25, -0.2) is 8.57 Å². The van der Waals surface area contributed by atoms with Crippen molar-refractivity contribution in [3.8, 4) is 0 Å². The van der Waals surface area contributed by atoms with Crippen molar-refractivity contribution in [1.82, 2.24) is 0 Å². The monoisotopic (exact) mass is 531 g/mol. The van der Waals surface area contributed by atoms with Gasteiger partial charge in [-0.15, -0.1) is 6.58 Å². The molecule has 1 aliphatic rings. The zero-order valence-electron chi connectivity index (χ0n) is 23.6. The Hall–Kier alpha value is -1.50. The first-order valence-corrected chi connectivity index (χ1v) is 18.0. The maximum absolute atomic E-state index is 14.7. The number of allylic oxidation sites excluding steroid dienone is 2. The fourth-order valence-electron chi connectivity index (χ4n) is 5.61. The van der Waals surface area contributed by atoms with E-state index >= 15 is 0 Å². The zero-order chi connectivity index (χ0) is 26.8. The SMILES string of the molecule is C=CCCCC(=O)/C(=C1/CCCC[C@H]1[C@@H](O[Si](CC)(CC)CC)C(C)C)[S@](=O)(=NC)c1ccccc1. The van der Waals surface area contributed by atoms with Crippen LogP contribution in [0.5, 0.6) is 0 Å². The smallest absolute Gasteiger partial charge is 0.192 e. The summed E-state index contributed by atoms with van der Waals surface area (Å²) in [6.07, 6.45) is 7.58. The number of carbonyl (C=O) groups excluding carboxylic acids is 1. The molecule has 3 atom stereocenters. The van der Waals surface area contributed by atoms with Gasteiger partial charge >= 0.3 is 0 Å². The molecule has 0 spiro atoms. The number of benzene rings is 1. The summed E-state index contributed by atoms with van der Waals surface area (Å²) in [4.78, 5) is 15.0. The summed E-state index contributed by atoms with van der Waals surface area (Å²) in [6, 6.07) is 12.6. The van der Waals surface area contributed by atoms with E-state index in [0.29, 0.717) is 28.6 Å². The van der Waals surface area contributed by atoms with E-state index in [0.717, 1.165) is 55.8 Å². The van der Waals surface area contributed by atoms with Crippen molar-refractivity contribution in [2.75, 3.05) is 7.05 Å². The van der Waals surface area contributed by atoms with E-state index in [1.165, 1.54) is 0 Å². The first-order chi connectivity index (χ1) is 17.2. The van der Waals surface area contributed by atoms with Crippen LogP contribution >= 0.6 is 0 Å². The molecule has 202 valence electrons. The first-order valence-electron chi connectivity index (χ1n) is 14.0. The topological polar surface area (TPSA) is 55.7 Å². The average molecular weight is 532 g/mol. The molecule has 0 unspecified atom stereocenters. The van der Waals surface area contributed by atoms with Crippen molar-refractivity contribution in [2.24, 2.45) is 16.2 Å². The summed E-state index contributed by atoms with van der Waals surface area (Å²) in [7, 11) is -3.32. The van der Waals surface area contributed by atoms with Gasteiger partial charge in [0.1, 0.15) is 9.73 Å². The third kappa shape index (κ3) is 7.08. The van der Waals surface area contributed by atoms with Crippen molar-refractivity contribution < 1.29 is 13.4 Å². The molecule has 6 heteroatoms. The van der Waals surface area contributed by atoms with Crippen LogP contribution in [0.1, 0.15) is 79.6 Å². The molecule has 0 aromatic heterocycles. The Balaban J connectivity index is 2.76. The van der Waals surface area contributed by atoms with Gasteiger partial charge in [-0.3, -0.25) is 4.79 Å². The van der Waals surface area contributed by atoms with Crippen LogP contribution in [0.3, 0.4) is 0 Å². The highest BCUT2D eigenvalue weighted by Crippen LogP contribution is 2.43. The Morgan fingerprint density at radius 3 is 2.33 bits per heavy atom. The van der Waals surface area contributed by atoms with Gasteiger partial charge in [0.05, 0.1) is 15.9 Å². The number of hydrogen-bond donors (Lipinski definition) is 0. The highest BCUT2D eigenvalue weighted by Gasteiger charge is 2.41. The second-order valence-corrected chi connectivity index (χ2v) is 17.4. The number of hydrogen-bond acceptors (Lipinski definition) is 4. The quantitative estimate of drug-likeness (QED) is 0.105. The minimum atomic E-state index is -3.05. The Bertz CT molecular complexity index is 996. The molecule has 1 aliphatic carbocycles. The van der Waals surface area contributed by atoms with E-state index in [2.05, 4.69) is 45.6 Å². The summed E-state index contributed by atoms with van der Waals surface area (Å²) in [6.45, 7) is 15.1. The van der Waals surface area contributed by atoms with Crippen molar-refractivity contribution in [3.63, 3.8) is 0 Å². The lowest BCUT2D eigenvalue weighted by atomic mass is 9.77. The molecule has 0 heterocycles. The number of rotatable bonds is 14. The summed E-state index contributed by atoms with van der Waals surface area (Å²) in [5, 5.41) is 0. The molecule has 4 nitrogen and oxygen atoms in total. The maximum atomic E-state index is 14.7. The summed E-state index contributed by atoms with van der Waals surface area (Å²) in [5.74, 6) is 0.383. The largest absolute Gasteiger partial charge is 0.413 e. The minimum Gasteiger partial charge on any atom is -0.413 e. The lowest BCUT2D eigenvalue weighted by Gasteiger charge is -2.42. The van der Waals surface area contributed by atoms with Crippen LogP contribution in [0.15, 0.2) is 62.7 Å². The molecule has 1 fully saturated rings. The second-order valence-electron chi connectivity index (χ2n) is 10.4. The minimum absolute atomic E-state index is 0.0225. The molecule has 2 rings (SSSR count). The third-order valence-electron chi connectivity index (χ3n) is 7.99. The average Bonchev–Trinajstić information content (AvgIpc) is 2.91. The number of unbranched alkanes of at least 4 members (excludes halogenated alkanes) is 1. The van der Waals surface area contributed by atoms with E-state index in [1.54, 1.807) is 7.05 Å². The van der Waals surface area contributed by atoms with E-state index in [9.17, 15) is 9.00 Å². The normalized spacial score (nSPS) is 20.5. The Morgan fingerprint density at radius 2 is 1.81 bits per heavy atom. The van der Waals surface area contributed by atoms with Gasteiger partial charge in [-0.05, 0) is 73.9 Å². The number of ketones is 1. The molecule has 36 heavy (non-hydrogen) atoms. The van der Waals surface area contributed by atoms with Crippen LogP contribution in [0.4, 0.5) is 0 Å². The standard InChI is InChI=1S/C30H49NO3SSi/c1-8-12-14-23-28(32)30(35(33,31-7)25-19-15-13-16-20-25)27-22-18-17-21-26(27)29(24(5)6)34-36(9-2,10-3)11-4/h8,13,15-16,19-20,24,26,29H,1,9-12,14,17-18,21-23H2,2-7H3/b30-27+/t26-,29+,35+/m1/s1. The molecule has 0 amide bonds. The molecule has 0 aliphatic heterocycles. The van der Waals surface area contributed by atoms with Crippen molar-refractivity contribution >= 4 is 23.8 Å². The van der Waals surface area contributed by atoms with Crippen LogP contribution < -0.4 is 0 Å². The summed E-state index contributed by atoms with van der Waals surface area (Å²) in [5.41, 5.74) is 1.05. The first kappa shape index (κ1) is 30.7. The maximum Gasteiger partial charge on any atom is 0.192 e. The van der Waals surface area contributed by atoms with Crippen molar-refractivity contribution in [3.05, 3.63) is 53.5 Å². The fourth-order valence-corrected chi connectivity index (χ4v) is 10.8. The van der Waals surface area contributed by atoms with E-state index in [4.69, 9.17) is 4.43 Å². The third-order valence-corrected chi connectivity index (χ3v) is 15.1. The number of carbonyl (C=O) groups is 1. The van der Waals surface area contributed by atoms with Crippen LogP contribution in [0.2, 0.25) is 18.1 Å². The van der Waals surface area contributed by atoms with Gasteiger partial charge in [0.25, 0.3) is 0 Å². The van der Waals surface area contributed by atoms with Crippen molar-refractivity contribution in [1.29, 1.82) is 0 Å². The molecular weight excluding hydrogens is 482 g/mol. The molecule has 0 radical (unpaired) electrons. The Labute approximate surface area is 222 Å². The van der Waals surface area contributed by atoms with E-state index < -0.39 is 18.0 Å². The van der Waals surface area contributed by atoms with Crippen LogP contribution in [0, 0.1) is 11.8 Å². The molecule has 0 saturated heterocycles. The summed E-state index contributed by atoms with van der Waals surface area (Å²) < 4.78 is 26.4. The van der Waals surface area contributed by atoms with Gasteiger partial charge in [0.2, 0.25) is 0 Å². The lowest BCUT2D eigenvalue weighted by Crippen LogP contribution is -2.45. The van der Waals surface area contributed by atoms with Crippen LogP contribution in [-0.2, 0) is 18.9 Å². The molecule has 1 aromatic carbocycles. The fraction of sp³-hybridized carbons (Fsp3) is 0.633. The van der Waals surface area contributed by atoms with Gasteiger partial charge in [-0.1, -0.05) is 65.3 Å². The van der Waals surface area contributed by atoms with Crippen LogP contribution in [-0.4, -0.2) is 31.5 Å². The van der Waals surface area contributed by atoms with Crippen molar-refractivity contribution in [2.45, 2.75) is 109 Å². The number of nitrogens with zero attached hydrogens (tertiary/aromatic N) is 1. The zero-order valence-corrected chi connectivity index (χ0v) is 25.4.